The highest BCUT2D eigenvalue weighted by molar-refractivity contribution is 6.00. The minimum Gasteiger partial charge on any atom is -0.443 e. The highest BCUT2D eigenvalue weighted by Crippen LogP contribution is 2.30. The van der Waals surface area contributed by atoms with Crippen LogP contribution in [0.1, 0.15) is 43.3 Å². The van der Waals surface area contributed by atoms with Crippen molar-refractivity contribution in [3.8, 4) is 5.82 Å². The number of amides is 1. The van der Waals surface area contributed by atoms with Crippen molar-refractivity contribution in [2.24, 2.45) is 0 Å². The van der Waals surface area contributed by atoms with Gasteiger partial charge in [-0.05, 0) is 46.8 Å². The molecule has 2 aromatic heterocycles. The number of alkyl halides is 3. The molecule has 0 unspecified atom stereocenters. The predicted molar refractivity (Wildman–Crippen MR) is 96.9 cm³/mol. The van der Waals surface area contributed by atoms with Gasteiger partial charge in [-0.25, -0.2) is 14.5 Å². The van der Waals surface area contributed by atoms with Crippen molar-refractivity contribution >= 4 is 11.8 Å². The molecule has 2 heterocycles. The van der Waals surface area contributed by atoms with Crippen molar-refractivity contribution in [2.75, 3.05) is 6.61 Å². The zero-order chi connectivity index (χ0) is 21.3. The normalized spacial score (nSPS) is 12.0. The standard InChI is InChI=1S/C18H22F3N5O2/c1-10-6-12(18(19,20)21)7-15(24-10)26-11(2)13(8-23-26)14(22)9-28-16(27)25-17(3,4)5/h6-8,22H,9H2,1-5H3,(H,25,27). The van der Waals surface area contributed by atoms with Gasteiger partial charge in [-0.15, -0.1) is 0 Å². The van der Waals surface area contributed by atoms with Gasteiger partial charge in [0.2, 0.25) is 0 Å². The van der Waals surface area contributed by atoms with Gasteiger partial charge in [0, 0.05) is 16.8 Å². The van der Waals surface area contributed by atoms with Crippen LogP contribution in [-0.2, 0) is 10.9 Å². The van der Waals surface area contributed by atoms with Crippen LogP contribution in [0.15, 0.2) is 18.3 Å². The molecule has 7 nitrogen and oxygen atoms in total. The van der Waals surface area contributed by atoms with E-state index in [9.17, 15) is 18.0 Å². The van der Waals surface area contributed by atoms with E-state index in [0.29, 0.717) is 11.3 Å². The van der Waals surface area contributed by atoms with Crippen LogP contribution in [0.2, 0.25) is 0 Å². The zero-order valence-corrected chi connectivity index (χ0v) is 16.2. The smallest absolute Gasteiger partial charge is 0.416 e. The van der Waals surface area contributed by atoms with Gasteiger partial charge in [-0.2, -0.15) is 18.3 Å². The van der Waals surface area contributed by atoms with E-state index in [1.165, 1.54) is 17.8 Å². The van der Waals surface area contributed by atoms with Crippen LogP contribution in [0.4, 0.5) is 18.0 Å². The quantitative estimate of drug-likeness (QED) is 0.768. The largest absolute Gasteiger partial charge is 0.443 e. The summed E-state index contributed by atoms with van der Waals surface area (Å²) in [4.78, 5) is 15.8. The molecule has 152 valence electrons. The molecule has 0 atom stereocenters. The lowest BCUT2D eigenvalue weighted by Crippen LogP contribution is -2.41. The maximum atomic E-state index is 13.0. The summed E-state index contributed by atoms with van der Waals surface area (Å²) in [6, 6.07) is 1.85. The van der Waals surface area contributed by atoms with E-state index in [-0.39, 0.29) is 23.8 Å². The molecule has 0 aromatic carbocycles. The zero-order valence-electron chi connectivity index (χ0n) is 16.2. The number of carbonyl (C=O) groups is 1. The van der Waals surface area contributed by atoms with Gasteiger partial charge in [0.05, 0.1) is 23.2 Å². The molecule has 2 rings (SSSR count). The molecule has 10 heteroatoms. The topological polar surface area (TPSA) is 92.9 Å². The van der Waals surface area contributed by atoms with Crippen molar-refractivity contribution in [3.05, 3.63) is 40.8 Å². The van der Waals surface area contributed by atoms with Gasteiger partial charge in [0.15, 0.2) is 5.82 Å². The molecule has 0 spiro atoms. The summed E-state index contributed by atoms with van der Waals surface area (Å²) >= 11 is 0. The van der Waals surface area contributed by atoms with Crippen LogP contribution in [0.5, 0.6) is 0 Å². The maximum Gasteiger partial charge on any atom is 0.416 e. The van der Waals surface area contributed by atoms with Crippen molar-refractivity contribution in [2.45, 2.75) is 46.3 Å². The number of ether oxygens (including phenoxy) is 1. The van der Waals surface area contributed by atoms with E-state index in [2.05, 4.69) is 15.4 Å². The number of hydrogen-bond donors (Lipinski definition) is 2. The Bertz CT molecular complexity index is 898. The molecule has 0 radical (unpaired) electrons. The summed E-state index contributed by atoms with van der Waals surface area (Å²) in [5.74, 6) is -0.00438. The van der Waals surface area contributed by atoms with E-state index < -0.39 is 23.4 Å². The molecule has 0 bridgehead atoms. The summed E-state index contributed by atoms with van der Waals surface area (Å²) in [6.45, 7) is 8.13. The lowest BCUT2D eigenvalue weighted by Gasteiger charge is -2.20. The van der Waals surface area contributed by atoms with E-state index in [4.69, 9.17) is 10.1 Å². The van der Waals surface area contributed by atoms with Crippen LogP contribution in [0.25, 0.3) is 5.82 Å². The average Bonchev–Trinajstić information content (AvgIpc) is 2.91. The maximum absolute atomic E-state index is 13.0. The fourth-order valence-corrected chi connectivity index (χ4v) is 2.42. The number of nitrogens with one attached hydrogen (secondary N) is 2. The van der Waals surface area contributed by atoms with Gasteiger partial charge in [-0.3, -0.25) is 0 Å². The molecule has 28 heavy (non-hydrogen) atoms. The van der Waals surface area contributed by atoms with Crippen LogP contribution in [-0.4, -0.2) is 38.7 Å². The molecule has 0 aliphatic rings. The minimum absolute atomic E-state index is 0.00438. The first-order valence-electron chi connectivity index (χ1n) is 8.41. The summed E-state index contributed by atoms with van der Waals surface area (Å²) in [7, 11) is 0. The van der Waals surface area contributed by atoms with E-state index in [1.54, 1.807) is 27.7 Å². The van der Waals surface area contributed by atoms with Crippen molar-refractivity contribution < 1.29 is 22.7 Å². The lowest BCUT2D eigenvalue weighted by atomic mass is 10.1. The third-order valence-corrected chi connectivity index (χ3v) is 3.64. The van der Waals surface area contributed by atoms with E-state index in [1.807, 2.05) is 0 Å². The predicted octanol–water partition coefficient (Wildman–Crippen LogP) is 3.80. The SMILES string of the molecule is Cc1cc(C(F)(F)F)cc(-n2ncc(C(=N)COC(=O)NC(C)(C)C)c2C)n1. The Balaban J connectivity index is 2.21. The number of carbonyl (C=O) groups excluding carboxylic acids is 1. The summed E-state index contributed by atoms with van der Waals surface area (Å²) in [5, 5.41) is 14.7. The van der Waals surface area contributed by atoms with Crippen molar-refractivity contribution in [1.82, 2.24) is 20.1 Å². The molecule has 0 aliphatic heterocycles. The van der Waals surface area contributed by atoms with Gasteiger partial charge < -0.3 is 15.5 Å². The highest BCUT2D eigenvalue weighted by Gasteiger charge is 2.31. The number of alkyl carbamates (subject to hydrolysis) is 1. The fraction of sp³-hybridized carbons (Fsp3) is 0.444. The summed E-state index contributed by atoms with van der Waals surface area (Å²) in [6.07, 6.45) is -3.84. The second kappa shape index (κ2) is 7.61. The molecule has 2 N–H and O–H groups in total. The minimum atomic E-state index is -4.51. The highest BCUT2D eigenvalue weighted by atomic mass is 19.4. The molecule has 2 aromatic rings. The number of aromatic nitrogens is 3. The molecule has 0 aliphatic carbocycles. The molecular weight excluding hydrogens is 375 g/mol. The summed E-state index contributed by atoms with van der Waals surface area (Å²) < 4.78 is 45.4. The van der Waals surface area contributed by atoms with E-state index in [0.717, 1.165) is 12.1 Å². The number of halogens is 3. The first-order chi connectivity index (χ1) is 12.8. The monoisotopic (exact) mass is 397 g/mol. The second-order valence-electron chi connectivity index (χ2n) is 7.34. The first kappa shape index (κ1) is 21.4. The Kier molecular flexibility index (Phi) is 5.81. The van der Waals surface area contributed by atoms with E-state index >= 15 is 0 Å². The first-order valence-corrected chi connectivity index (χ1v) is 8.41. The molecule has 0 saturated carbocycles. The fourth-order valence-electron chi connectivity index (χ4n) is 2.42. The molecule has 1 amide bonds. The van der Waals surface area contributed by atoms with Gasteiger partial charge in [0.25, 0.3) is 0 Å². The molecule has 0 fully saturated rings. The number of hydrogen-bond acceptors (Lipinski definition) is 5. The number of rotatable bonds is 4. The summed E-state index contributed by atoms with van der Waals surface area (Å²) in [5.41, 5.74) is -0.386. The van der Waals surface area contributed by atoms with Crippen LogP contribution in [0, 0.1) is 19.3 Å². The average molecular weight is 397 g/mol. The lowest BCUT2D eigenvalue weighted by molar-refractivity contribution is -0.137. The van der Waals surface area contributed by atoms with Crippen molar-refractivity contribution in [1.29, 1.82) is 5.41 Å². The Labute approximate surface area is 160 Å². The number of nitrogens with zero attached hydrogens (tertiary/aromatic N) is 3. The van der Waals surface area contributed by atoms with Crippen molar-refractivity contribution in [3.63, 3.8) is 0 Å². The number of aryl methyl sites for hydroxylation is 1. The molecule has 0 saturated heterocycles. The third kappa shape index (κ3) is 5.30. The van der Waals surface area contributed by atoms with Gasteiger partial charge in [-0.1, -0.05) is 0 Å². The van der Waals surface area contributed by atoms with Gasteiger partial charge >= 0.3 is 12.3 Å². The number of pyridine rings is 1. The Morgan fingerprint density at radius 2 is 1.89 bits per heavy atom. The Hall–Kier alpha value is -2.91. The second-order valence-corrected chi connectivity index (χ2v) is 7.34. The van der Waals surface area contributed by atoms with Crippen LogP contribution in [0.3, 0.4) is 0 Å². The molecular formula is C18H22F3N5O2. The Morgan fingerprint density at radius 1 is 1.25 bits per heavy atom. The van der Waals surface area contributed by atoms with Gasteiger partial charge in [0.1, 0.15) is 6.61 Å². The Morgan fingerprint density at radius 3 is 2.46 bits per heavy atom. The van der Waals surface area contributed by atoms with Crippen LogP contribution < -0.4 is 5.32 Å². The van der Waals surface area contributed by atoms with Crippen LogP contribution >= 0.6 is 0 Å². The third-order valence-electron chi connectivity index (χ3n) is 3.64.